The monoisotopic (exact) mass is 321 g/mol. The van der Waals surface area contributed by atoms with Crippen molar-refractivity contribution in [1.29, 1.82) is 0 Å². The van der Waals surface area contributed by atoms with Crippen molar-refractivity contribution in [3.05, 3.63) is 35.0 Å². The van der Waals surface area contributed by atoms with Gasteiger partial charge in [-0.2, -0.15) is 0 Å². The highest BCUT2D eigenvalue weighted by Gasteiger charge is 2.37. The lowest BCUT2D eigenvalue weighted by Crippen LogP contribution is -2.47. The molecular formula is C16H16FNO3S. The van der Waals surface area contributed by atoms with Gasteiger partial charge in [0.25, 0.3) is 5.91 Å². The largest absolute Gasteiger partial charge is 0.481 e. The first kappa shape index (κ1) is 15.0. The molecule has 6 heteroatoms. The molecule has 1 aliphatic carbocycles. The van der Waals surface area contributed by atoms with E-state index in [1.807, 2.05) is 0 Å². The number of amides is 1. The van der Waals surface area contributed by atoms with Crippen LogP contribution in [0.2, 0.25) is 0 Å². The summed E-state index contributed by atoms with van der Waals surface area (Å²) >= 11 is 1.29. The maximum absolute atomic E-state index is 13.2. The van der Waals surface area contributed by atoms with E-state index >= 15 is 0 Å². The molecular weight excluding hydrogens is 305 g/mol. The topological polar surface area (TPSA) is 66.4 Å². The summed E-state index contributed by atoms with van der Waals surface area (Å²) in [4.78, 5) is 24.0. The third kappa shape index (κ3) is 2.97. The number of halogens is 1. The first-order chi connectivity index (χ1) is 10.5. The standard InChI is InChI=1S/C16H16FNO3S/c17-11-3-4-12-10(7-11)8-13(22-12)15(21)18-16(9-14(19)20)5-1-2-6-16/h3-4,7-8H,1-2,5-6,9H2,(H,18,21)(H,19,20). The minimum absolute atomic E-state index is 0.0573. The van der Waals surface area contributed by atoms with Gasteiger partial charge in [0.15, 0.2) is 0 Å². The van der Waals surface area contributed by atoms with Crippen LogP contribution in [0.4, 0.5) is 4.39 Å². The summed E-state index contributed by atoms with van der Waals surface area (Å²) < 4.78 is 14.1. The predicted octanol–water partition coefficient (Wildman–Crippen LogP) is 3.56. The lowest BCUT2D eigenvalue weighted by molar-refractivity contribution is -0.138. The summed E-state index contributed by atoms with van der Waals surface area (Å²) in [6, 6.07) is 6.06. The zero-order valence-corrected chi connectivity index (χ0v) is 12.7. The fraction of sp³-hybridized carbons (Fsp3) is 0.375. The highest BCUT2D eigenvalue weighted by Crippen LogP contribution is 2.34. The zero-order chi connectivity index (χ0) is 15.7. The van der Waals surface area contributed by atoms with Crippen LogP contribution in [0.15, 0.2) is 24.3 Å². The number of carboxylic acids is 1. The molecule has 0 aliphatic heterocycles. The third-order valence-electron chi connectivity index (χ3n) is 4.13. The van der Waals surface area contributed by atoms with Gasteiger partial charge in [0.1, 0.15) is 5.82 Å². The number of carbonyl (C=O) groups is 2. The molecule has 22 heavy (non-hydrogen) atoms. The molecule has 0 unspecified atom stereocenters. The van der Waals surface area contributed by atoms with Crippen molar-refractivity contribution in [1.82, 2.24) is 5.32 Å². The smallest absolute Gasteiger partial charge is 0.305 e. The van der Waals surface area contributed by atoms with Crippen molar-refractivity contribution in [2.75, 3.05) is 0 Å². The number of nitrogens with one attached hydrogen (secondary N) is 1. The molecule has 1 aromatic heterocycles. The van der Waals surface area contributed by atoms with Gasteiger partial charge in [-0.3, -0.25) is 9.59 Å². The molecule has 0 saturated heterocycles. The molecule has 1 saturated carbocycles. The third-order valence-corrected chi connectivity index (χ3v) is 5.25. The van der Waals surface area contributed by atoms with Gasteiger partial charge < -0.3 is 10.4 Å². The highest BCUT2D eigenvalue weighted by molar-refractivity contribution is 7.20. The first-order valence-corrected chi connectivity index (χ1v) is 8.03. The van der Waals surface area contributed by atoms with Gasteiger partial charge in [0.05, 0.1) is 16.8 Å². The van der Waals surface area contributed by atoms with Crippen LogP contribution in [-0.4, -0.2) is 22.5 Å². The van der Waals surface area contributed by atoms with E-state index < -0.39 is 11.5 Å². The van der Waals surface area contributed by atoms with E-state index in [-0.39, 0.29) is 18.1 Å². The molecule has 1 amide bonds. The van der Waals surface area contributed by atoms with E-state index in [9.17, 15) is 14.0 Å². The lowest BCUT2D eigenvalue weighted by Gasteiger charge is -2.28. The van der Waals surface area contributed by atoms with Crippen LogP contribution in [0, 0.1) is 5.82 Å². The Morgan fingerprint density at radius 3 is 2.68 bits per heavy atom. The molecule has 0 radical (unpaired) electrons. The van der Waals surface area contributed by atoms with Crippen LogP contribution in [0.3, 0.4) is 0 Å². The molecule has 0 spiro atoms. The number of fused-ring (bicyclic) bond motifs is 1. The average molecular weight is 321 g/mol. The molecule has 1 aliphatic rings. The Morgan fingerprint density at radius 2 is 2.00 bits per heavy atom. The summed E-state index contributed by atoms with van der Waals surface area (Å²) in [7, 11) is 0. The minimum atomic E-state index is -0.902. The number of hydrogen-bond acceptors (Lipinski definition) is 3. The average Bonchev–Trinajstić information content (AvgIpc) is 3.04. The molecule has 2 N–H and O–H groups in total. The molecule has 0 atom stereocenters. The summed E-state index contributed by atoms with van der Waals surface area (Å²) in [6.07, 6.45) is 3.16. The van der Waals surface area contributed by atoms with E-state index in [0.29, 0.717) is 23.1 Å². The number of rotatable bonds is 4. The van der Waals surface area contributed by atoms with Crippen molar-refractivity contribution in [2.45, 2.75) is 37.6 Å². The van der Waals surface area contributed by atoms with Crippen molar-refractivity contribution in [3.8, 4) is 0 Å². The van der Waals surface area contributed by atoms with Crippen molar-refractivity contribution in [2.24, 2.45) is 0 Å². The summed E-state index contributed by atoms with van der Waals surface area (Å²) in [5.74, 6) is -1.51. The minimum Gasteiger partial charge on any atom is -0.481 e. The van der Waals surface area contributed by atoms with Crippen molar-refractivity contribution < 1.29 is 19.1 Å². The second-order valence-electron chi connectivity index (χ2n) is 5.80. The Bertz CT molecular complexity index is 734. The normalized spacial score (nSPS) is 16.8. The van der Waals surface area contributed by atoms with Crippen LogP contribution < -0.4 is 5.32 Å². The Hall–Kier alpha value is -1.95. The molecule has 1 fully saturated rings. The summed E-state index contributed by atoms with van der Waals surface area (Å²) in [6.45, 7) is 0. The van der Waals surface area contributed by atoms with Gasteiger partial charge in [0, 0.05) is 4.70 Å². The van der Waals surface area contributed by atoms with E-state index in [1.54, 1.807) is 12.1 Å². The predicted molar refractivity (Wildman–Crippen MR) is 82.7 cm³/mol. The van der Waals surface area contributed by atoms with Gasteiger partial charge in [0.2, 0.25) is 0 Å². The lowest BCUT2D eigenvalue weighted by atomic mass is 9.93. The van der Waals surface area contributed by atoms with E-state index in [0.717, 1.165) is 17.5 Å². The summed E-state index contributed by atoms with van der Waals surface area (Å²) in [5, 5.41) is 12.7. The highest BCUT2D eigenvalue weighted by atomic mass is 32.1. The van der Waals surface area contributed by atoms with Crippen LogP contribution >= 0.6 is 11.3 Å². The second-order valence-corrected chi connectivity index (χ2v) is 6.89. The van der Waals surface area contributed by atoms with E-state index in [1.165, 1.54) is 23.5 Å². The molecule has 0 bridgehead atoms. The van der Waals surface area contributed by atoms with Crippen LogP contribution in [0.5, 0.6) is 0 Å². The van der Waals surface area contributed by atoms with Crippen molar-refractivity contribution in [3.63, 3.8) is 0 Å². The first-order valence-electron chi connectivity index (χ1n) is 7.21. The number of carbonyl (C=O) groups excluding carboxylic acids is 1. The molecule has 3 rings (SSSR count). The van der Waals surface area contributed by atoms with Gasteiger partial charge in [-0.05, 0) is 42.5 Å². The van der Waals surface area contributed by atoms with Gasteiger partial charge in [-0.1, -0.05) is 12.8 Å². The summed E-state index contributed by atoms with van der Waals surface area (Å²) in [5.41, 5.74) is -0.648. The van der Waals surface area contributed by atoms with Crippen molar-refractivity contribution >= 4 is 33.3 Å². The Balaban J connectivity index is 1.83. The Morgan fingerprint density at radius 1 is 1.27 bits per heavy atom. The number of carboxylic acid groups (broad SMARTS) is 1. The second kappa shape index (κ2) is 5.68. The van der Waals surface area contributed by atoms with Crippen LogP contribution in [0.1, 0.15) is 41.8 Å². The number of aliphatic carboxylic acids is 1. The number of hydrogen-bond donors (Lipinski definition) is 2. The Kier molecular flexibility index (Phi) is 3.87. The maximum atomic E-state index is 13.2. The Labute approximate surface area is 130 Å². The van der Waals surface area contributed by atoms with Crippen LogP contribution in [-0.2, 0) is 4.79 Å². The van der Waals surface area contributed by atoms with Gasteiger partial charge in [-0.15, -0.1) is 11.3 Å². The quantitative estimate of drug-likeness (QED) is 0.905. The zero-order valence-electron chi connectivity index (χ0n) is 11.9. The fourth-order valence-corrected chi connectivity index (χ4v) is 4.05. The SMILES string of the molecule is O=C(O)CC1(NC(=O)c2cc3cc(F)ccc3s2)CCCC1. The number of thiophene rings is 1. The fourth-order valence-electron chi connectivity index (χ4n) is 3.12. The maximum Gasteiger partial charge on any atom is 0.305 e. The van der Waals surface area contributed by atoms with Crippen LogP contribution in [0.25, 0.3) is 10.1 Å². The molecule has 116 valence electrons. The van der Waals surface area contributed by atoms with E-state index in [4.69, 9.17) is 5.11 Å². The molecule has 4 nitrogen and oxygen atoms in total. The molecule has 1 aromatic carbocycles. The molecule has 1 heterocycles. The molecule has 2 aromatic rings. The number of benzene rings is 1. The van der Waals surface area contributed by atoms with E-state index in [2.05, 4.69) is 5.32 Å². The van der Waals surface area contributed by atoms with Gasteiger partial charge in [-0.25, -0.2) is 4.39 Å². The van der Waals surface area contributed by atoms with Gasteiger partial charge >= 0.3 is 5.97 Å².